The molecule has 3 rings (SSSR count). The number of hydrogen-bond donors (Lipinski definition) is 2. The smallest absolute Gasteiger partial charge is 0.175 e. The van der Waals surface area contributed by atoms with Gasteiger partial charge in [-0.15, -0.1) is 0 Å². The molecule has 5 nitrogen and oxygen atoms in total. The van der Waals surface area contributed by atoms with Crippen molar-refractivity contribution in [3.63, 3.8) is 0 Å². The largest absolute Gasteiger partial charge is 0.388 e. The third-order valence-corrected chi connectivity index (χ3v) is 5.06. The summed E-state index contributed by atoms with van der Waals surface area (Å²) in [4.78, 5) is 4.20. The molecule has 2 aromatic rings. The van der Waals surface area contributed by atoms with E-state index in [9.17, 15) is 13.5 Å². The van der Waals surface area contributed by atoms with E-state index >= 15 is 0 Å². The lowest BCUT2D eigenvalue weighted by molar-refractivity contribution is 0.177. The Hall–Kier alpha value is -1.63. The van der Waals surface area contributed by atoms with Crippen LogP contribution in [0, 0.1) is 0 Å². The maximum Gasteiger partial charge on any atom is 0.175 e. The number of nitrogens with zero attached hydrogens (tertiary/aromatic N) is 1. The van der Waals surface area contributed by atoms with E-state index in [1.54, 1.807) is 18.3 Å². The summed E-state index contributed by atoms with van der Waals surface area (Å²) in [5.74, 6) is 0. The molecule has 0 amide bonds. The van der Waals surface area contributed by atoms with Gasteiger partial charge in [0, 0.05) is 23.7 Å². The van der Waals surface area contributed by atoms with Gasteiger partial charge in [0.2, 0.25) is 0 Å². The molecule has 0 saturated carbocycles. The van der Waals surface area contributed by atoms with Crippen molar-refractivity contribution in [2.75, 3.05) is 11.6 Å². The molecule has 0 fully saturated rings. The molecule has 2 N–H and O–H groups in total. The maximum atomic E-state index is 11.9. The van der Waals surface area contributed by atoms with Crippen LogP contribution in [0.15, 0.2) is 35.5 Å². The van der Waals surface area contributed by atoms with Gasteiger partial charge in [-0.2, -0.15) is 0 Å². The first kappa shape index (κ1) is 15.3. The Morgan fingerprint density at radius 2 is 2.14 bits per heavy atom. The van der Waals surface area contributed by atoms with E-state index in [0.29, 0.717) is 29.1 Å². The Morgan fingerprint density at radius 3 is 2.82 bits per heavy atom. The number of fused-ring (bicyclic) bond motifs is 1. The molecule has 7 heteroatoms. The first-order valence-electron chi connectivity index (χ1n) is 6.78. The highest BCUT2D eigenvalue weighted by Gasteiger charge is 2.29. The van der Waals surface area contributed by atoms with Gasteiger partial charge in [-0.25, -0.2) is 8.42 Å². The molecular formula is C15H15ClN2O3S. The highest BCUT2D eigenvalue weighted by atomic mass is 35.5. The number of anilines is 2. The van der Waals surface area contributed by atoms with Gasteiger partial charge < -0.3 is 10.4 Å². The summed E-state index contributed by atoms with van der Waals surface area (Å²) in [6, 6.07) is 4.98. The van der Waals surface area contributed by atoms with E-state index < -0.39 is 15.9 Å². The second kappa shape index (κ2) is 5.53. The van der Waals surface area contributed by atoms with E-state index in [1.165, 1.54) is 12.3 Å². The van der Waals surface area contributed by atoms with Gasteiger partial charge in [-0.3, -0.25) is 4.98 Å². The molecular weight excluding hydrogens is 324 g/mol. The fourth-order valence-electron chi connectivity index (χ4n) is 2.78. The summed E-state index contributed by atoms with van der Waals surface area (Å²) >= 11 is 5.91. The van der Waals surface area contributed by atoms with Crippen molar-refractivity contribution >= 4 is 32.8 Å². The lowest BCUT2D eigenvalue weighted by Gasteiger charge is -2.15. The highest BCUT2D eigenvalue weighted by Crippen LogP contribution is 2.40. The summed E-state index contributed by atoms with van der Waals surface area (Å²) < 4.78 is 23.8. The molecule has 1 aromatic carbocycles. The fraction of sp³-hybridized carbons (Fsp3) is 0.267. The number of nitrogens with one attached hydrogen (secondary N) is 1. The summed E-state index contributed by atoms with van der Waals surface area (Å²) in [6.45, 7) is 0. The number of aliphatic hydroxyl groups excluding tert-OH is 1. The van der Waals surface area contributed by atoms with E-state index in [0.717, 1.165) is 17.5 Å². The minimum absolute atomic E-state index is 0.197. The van der Waals surface area contributed by atoms with Gasteiger partial charge in [0.25, 0.3) is 0 Å². The molecule has 1 aromatic heterocycles. The molecule has 1 aliphatic rings. The van der Waals surface area contributed by atoms with Crippen LogP contribution in [0.4, 0.5) is 11.4 Å². The number of pyridine rings is 1. The lowest BCUT2D eigenvalue weighted by atomic mass is 10.1. The van der Waals surface area contributed by atoms with Crippen LogP contribution < -0.4 is 5.32 Å². The number of rotatable bonds is 3. The average Bonchev–Trinajstić information content (AvgIpc) is 2.81. The van der Waals surface area contributed by atoms with E-state index in [-0.39, 0.29) is 4.90 Å². The minimum Gasteiger partial charge on any atom is -0.388 e. The molecule has 22 heavy (non-hydrogen) atoms. The molecule has 116 valence electrons. The van der Waals surface area contributed by atoms with Gasteiger partial charge in [-0.05, 0) is 36.6 Å². The summed E-state index contributed by atoms with van der Waals surface area (Å²) in [7, 11) is -3.38. The number of benzene rings is 1. The van der Waals surface area contributed by atoms with Gasteiger partial charge >= 0.3 is 0 Å². The van der Waals surface area contributed by atoms with Crippen molar-refractivity contribution in [3.8, 4) is 0 Å². The predicted molar refractivity (Wildman–Crippen MR) is 85.4 cm³/mol. The Kier molecular flexibility index (Phi) is 3.84. The summed E-state index contributed by atoms with van der Waals surface area (Å²) in [6.07, 6.45) is 4.71. The van der Waals surface area contributed by atoms with Gasteiger partial charge in [-0.1, -0.05) is 11.6 Å². The molecule has 0 radical (unpaired) electrons. The van der Waals surface area contributed by atoms with Crippen molar-refractivity contribution in [2.45, 2.75) is 23.8 Å². The van der Waals surface area contributed by atoms with Gasteiger partial charge in [0.05, 0.1) is 27.9 Å². The van der Waals surface area contributed by atoms with Crippen LogP contribution in [0.5, 0.6) is 0 Å². The Morgan fingerprint density at radius 1 is 1.36 bits per heavy atom. The van der Waals surface area contributed by atoms with Crippen LogP contribution >= 0.6 is 11.6 Å². The quantitative estimate of drug-likeness (QED) is 0.899. The van der Waals surface area contributed by atoms with Gasteiger partial charge in [0.15, 0.2) is 9.84 Å². The van der Waals surface area contributed by atoms with Crippen molar-refractivity contribution < 1.29 is 13.5 Å². The first-order valence-corrected chi connectivity index (χ1v) is 9.04. The normalized spacial score (nSPS) is 17.3. The standard InChI is InChI=1S/C15H15ClN2O3S/c1-22(20,21)14-5-3-12(11-2-4-13(19)15(11)14)18-10-6-9(16)7-17-8-10/h3,5-8,13,18-19H,2,4H2,1H3. The third kappa shape index (κ3) is 2.82. The lowest BCUT2D eigenvalue weighted by Crippen LogP contribution is -2.06. The summed E-state index contributed by atoms with van der Waals surface area (Å²) in [5.41, 5.74) is 2.81. The predicted octanol–water partition coefficient (Wildman–Crippen LogP) is 2.86. The number of aliphatic hydroxyl groups is 1. The zero-order valence-electron chi connectivity index (χ0n) is 11.9. The SMILES string of the molecule is CS(=O)(=O)c1ccc(Nc2cncc(Cl)c2)c2c1C(O)CC2. The molecule has 0 spiro atoms. The van der Waals surface area contributed by atoms with Crippen LogP contribution in [-0.2, 0) is 16.3 Å². The van der Waals surface area contributed by atoms with E-state index in [2.05, 4.69) is 10.3 Å². The molecule has 1 heterocycles. The average molecular weight is 339 g/mol. The molecule has 1 aliphatic carbocycles. The second-order valence-electron chi connectivity index (χ2n) is 5.35. The van der Waals surface area contributed by atoms with Crippen LogP contribution in [-0.4, -0.2) is 24.8 Å². The minimum atomic E-state index is -3.38. The number of aromatic nitrogens is 1. The highest BCUT2D eigenvalue weighted by molar-refractivity contribution is 7.90. The van der Waals surface area contributed by atoms with E-state index in [1.807, 2.05) is 0 Å². The zero-order valence-corrected chi connectivity index (χ0v) is 13.4. The monoisotopic (exact) mass is 338 g/mol. The molecule has 0 bridgehead atoms. The van der Waals surface area contributed by atoms with Crippen LogP contribution in [0.1, 0.15) is 23.7 Å². The molecule has 0 aliphatic heterocycles. The topological polar surface area (TPSA) is 79.3 Å². The van der Waals surface area contributed by atoms with E-state index in [4.69, 9.17) is 11.6 Å². The van der Waals surface area contributed by atoms with Gasteiger partial charge in [0.1, 0.15) is 0 Å². The van der Waals surface area contributed by atoms with Crippen molar-refractivity contribution in [1.82, 2.24) is 4.98 Å². The molecule has 0 saturated heterocycles. The van der Waals surface area contributed by atoms with Crippen LogP contribution in [0.3, 0.4) is 0 Å². The van der Waals surface area contributed by atoms with Crippen molar-refractivity contribution in [3.05, 3.63) is 46.7 Å². The summed E-state index contributed by atoms with van der Waals surface area (Å²) in [5, 5.41) is 13.8. The Bertz CT molecular complexity index is 837. The first-order chi connectivity index (χ1) is 10.4. The molecule has 1 atom stereocenters. The fourth-order valence-corrected chi connectivity index (χ4v) is 3.93. The second-order valence-corrected chi connectivity index (χ2v) is 7.77. The van der Waals surface area contributed by atoms with Crippen molar-refractivity contribution in [1.29, 1.82) is 0 Å². The van der Waals surface area contributed by atoms with Crippen LogP contribution in [0.25, 0.3) is 0 Å². The van der Waals surface area contributed by atoms with Crippen LogP contribution in [0.2, 0.25) is 5.02 Å². The number of sulfone groups is 1. The number of halogens is 1. The number of hydrogen-bond acceptors (Lipinski definition) is 5. The Balaban J connectivity index is 2.08. The molecule has 1 unspecified atom stereocenters. The maximum absolute atomic E-state index is 11.9. The third-order valence-electron chi connectivity index (χ3n) is 3.70. The zero-order chi connectivity index (χ0) is 15.9. The Labute approximate surface area is 133 Å². The van der Waals surface area contributed by atoms with Crippen molar-refractivity contribution in [2.24, 2.45) is 0 Å².